The lowest BCUT2D eigenvalue weighted by Gasteiger charge is -2.31. The summed E-state index contributed by atoms with van der Waals surface area (Å²) < 4.78 is 26.9. The number of likely N-dealkylation sites (tertiary alicyclic amines) is 1. The van der Waals surface area contributed by atoms with E-state index in [0.29, 0.717) is 30.4 Å². The van der Waals surface area contributed by atoms with Gasteiger partial charge in [0.05, 0.1) is 10.7 Å². The second-order valence-corrected chi connectivity index (χ2v) is 8.51. The lowest BCUT2D eigenvalue weighted by Crippen LogP contribution is -2.43. The van der Waals surface area contributed by atoms with Crippen LogP contribution < -0.4 is 10.6 Å². The molecule has 1 saturated heterocycles. The van der Waals surface area contributed by atoms with E-state index in [2.05, 4.69) is 30.9 Å². The van der Waals surface area contributed by atoms with Crippen molar-refractivity contribution in [3.63, 3.8) is 0 Å². The molecule has 0 amide bonds. The Morgan fingerprint density at radius 2 is 2.07 bits per heavy atom. The smallest absolute Gasteiger partial charge is 0.190 e. The minimum absolute atomic E-state index is 0.371. The summed E-state index contributed by atoms with van der Waals surface area (Å²) in [5, 5.41) is 9.81. The van der Waals surface area contributed by atoms with Crippen LogP contribution in [-0.2, 0) is 13.0 Å². The Bertz CT molecular complexity index is 815. The van der Waals surface area contributed by atoms with Crippen LogP contribution in [0.1, 0.15) is 29.1 Å². The Labute approximate surface area is 175 Å². The molecule has 0 atom stereocenters. The fourth-order valence-corrected chi connectivity index (χ4v) is 4.17. The molecule has 1 aromatic carbocycles. The van der Waals surface area contributed by atoms with Crippen molar-refractivity contribution in [1.82, 2.24) is 20.5 Å². The Morgan fingerprint density at radius 1 is 1.28 bits per heavy atom. The first-order chi connectivity index (χ1) is 14.0. The molecule has 3 rings (SSSR count). The largest absolute Gasteiger partial charge is 0.356 e. The van der Waals surface area contributed by atoms with Crippen LogP contribution in [0.2, 0.25) is 0 Å². The van der Waals surface area contributed by atoms with Gasteiger partial charge in [0.15, 0.2) is 5.96 Å². The molecule has 0 radical (unpaired) electrons. The number of hydrogen-bond acceptors (Lipinski definition) is 4. The van der Waals surface area contributed by atoms with Crippen LogP contribution in [-0.4, -0.2) is 49.1 Å². The van der Waals surface area contributed by atoms with Crippen molar-refractivity contribution in [3.05, 3.63) is 51.5 Å². The summed E-state index contributed by atoms with van der Waals surface area (Å²) in [4.78, 5) is 11.2. The van der Waals surface area contributed by atoms with Gasteiger partial charge in [-0.1, -0.05) is 0 Å². The van der Waals surface area contributed by atoms with Crippen LogP contribution in [0, 0.1) is 24.5 Å². The minimum atomic E-state index is -0.417. The number of piperidine rings is 1. The Balaban J connectivity index is 1.35. The van der Waals surface area contributed by atoms with Gasteiger partial charge in [0.2, 0.25) is 0 Å². The number of aromatic nitrogens is 1. The Hall–Kier alpha value is -2.06. The van der Waals surface area contributed by atoms with Gasteiger partial charge in [0.25, 0.3) is 0 Å². The molecular weight excluding hydrogens is 392 g/mol. The number of hydrogen-bond donors (Lipinski definition) is 2. The zero-order valence-electron chi connectivity index (χ0n) is 17.0. The molecule has 0 aliphatic carbocycles. The maximum atomic E-state index is 13.7. The summed E-state index contributed by atoms with van der Waals surface area (Å²) in [6, 6.07) is 3.55. The van der Waals surface area contributed by atoms with Crippen molar-refractivity contribution in [3.8, 4) is 0 Å². The molecule has 29 heavy (non-hydrogen) atoms. The lowest BCUT2D eigenvalue weighted by molar-refractivity contribution is 0.176. The summed E-state index contributed by atoms with van der Waals surface area (Å²) in [6.45, 7) is 6.48. The second kappa shape index (κ2) is 10.6. The fraction of sp³-hybridized carbons (Fsp3) is 0.524. The normalized spacial score (nSPS) is 16.2. The highest BCUT2D eigenvalue weighted by atomic mass is 32.1. The van der Waals surface area contributed by atoms with Gasteiger partial charge in [0.1, 0.15) is 11.6 Å². The molecule has 5 nitrogen and oxygen atoms in total. The number of nitrogens with one attached hydrogen (secondary N) is 2. The predicted octanol–water partition coefficient (Wildman–Crippen LogP) is 3.35. The van der Waals surface area contributed by atoms with Crippen LogP contribution in [0.15, 0.2) is 28.6 Å². The second-order valence-electron chi connectivity index (χ2n) is 7.44. The van der Waals surface area contributed by atoms with Crippen molar-refractivity contribution in [2.24, 2.45) is 10.9 Å². The maximum absolute atomic E-state index is 13.7. The third-order valence-corrected chi connectivity index (χ3v) is 6.06. The highest BCUT2D eigenvalue weighted by Gasteiger charge is 2.20. The average molecular weight is 422 g/mol. The molecule has 8 heteroatoms. The molecule has 0 bridgehead atoms. The van der Waals surface area contributed by atoms with Crippen molar-refractivity contribution in [1.29, 1.82) is 0 Å². The van der Waals surface area contributed by atoms with E-state index in [1.807, 2.05) is 6.92 Å². The van der Waals surface area contributed by atoms with Crippen molar-refractivity contribution >= 4 is 17.3 Å². The van der Waals surface area contributed by atoms with Gasteiger partial charge in [0, 0.05) is 32.1 Å². The third kappa shape index (κ3) is 6.75. The van der Waals surface area contributed by atoms with E-state index in [-0.39, 0.29) is 5.82 Å². The zero-order valence-corrected chi connectivity index (χ0v) is 17.9. The van der Waals surface area contributed by atoms with Gasteiger partial charge in [-0.25, -0.2) is 13.8 Å². The predicted molar refractivity (Wildman–Crippen MR) is 114 cm³/mol. The monoisotopic (exact) mass is 421 g/mol. The minimum Gasteiger partial charge on any atom is -0.356 e. The van der Waals surface area contributed by atoms with E-state index < -0.39 is 5.82 Å². The Kier molecular flexibility index (Phi) is 7.94. The van der Waals surface area contributed by atoms with Gasteiger partial charge in [-0.05, 0) is 69.0 Å². The first kappa shape index (κ1) is 21.6. The molecule has 158 valence electrons. The molecule has 0 spiro atoms. The highest BCUT2D eigenvalue weighted by Crippen LogP contribution is 2.19. The Morgan fingerprint density at radius 3 is 2.76 bits per heavy atom. The fourth-order valence-electron chi connectivity index (χ4n) is 3.57. The molecular formula is C21H29F2N5S. The van der Waals surface area contributed by atoms with E-state index in [1.54, 1.807) is 18.4 Å². The van der Waals surface area contributed by atoms with E-state index in [4.69, 9.17) is 0 Å². The highest BCUT2D eigenvalue weighted by molar-refractivity contribution is 7.09. The number of nitrogens with zero attached hydrogens (tertiary/aromatic N) is 3. The van der Waals surface area contributed by atoms with Crippen molar-refractivity contribution in [2.75, 3.05) is 33.2 Å². The number of aliphatic imine (C=N–C) groups is 1. The molecule has 1 aliphatic rings. The molecule has 1 aliphatic heterocycles. The number of aryl methyl sites for hydroxylation is 1. The van der Waals surface area contributed by atoms with E-state index in [0.717, 1.165) is 50.1 Å². The zero-order chi connectivity index (χ0) is 20.6. The molecule has 2 N–H and O–H groups in total. The van der Waals surface area contributed by atoms with Crippen LogP contribution in [0.4, 0.5) is 8.78 Å². The summed E-state index contributed by atoms with van der Waals surface area (Å²) in [6.07, 6.45) is 2.68. The maximum Gasteiger partial charge on any atom is 0.190 e. The molecule has 2 heterocycles. The molecule has 1 aromatic heterocycles. The topological polar surface area (TPSA) is 52.6 Å². The van der Waals surface area contributed by atoms with Crippen LogP contribution in [0.25, 0.3) is 0 Å². The number of thiazole rings is 1. The summed E-state index contributed by atoms with van der Waals surface area (Å²) in [5.41, 5.74) is 1.54. The summed E-state index contributed by atoms with van der Waals surface area (Å²) in [7, 11) is 1.72. The van der Waals surface area contributed by atoms with Crippen LogP contribution in [0.5, 0.6) is 0 Å². The number of benzene rings is 1. The first-order valence-electron chi connectivity index (χ1n) is 10.1. The standard InChI is InChI=1S/C21H29F2N5S/c1-15-27-19(14-29-15)13-28-9-6-16(7-10-28)12-26-21(24-2)25-8-5-17-11-18(22)3-4-20(17)23/h3-4,11,14,16H,5-10,12-13H2,1-2H3,(H2,24,25,26). The summed E-state index contributed by atoms with van der Waals surface area (Å²) >= 11 is 1.71. The van der Waals surface area contributed by atoms with Gasteiger partial charge in [-0.3, -0.25) is 9.89 Å². The van der Waals surface area contributed by atoms with Crippen LogP contribution >= 0.6 is 11.3 Å². The van der Waals surface area contributed by atoms with E-state index in [9.17, 15) is 8.78 Å². The number of rotatable bonds is 7. The van der Waals surface area contributed by atoms with Crippen LogP contribution in [0.3, 0.4) is 0 Å². The van der Waals surface area contributed by atoms with Crippen molar-refractivity contribution in [2.45, 2.75) is 32.7 Å². The van der Waals surface area contributed by atoms with Gasteiger partial charge >= 0.3 is 0 Å². The van der Waals surface area contributed by atoms with E-state index in [1.165, 1.54) is 17.8 Å². The first-order valence-corrected chi connectivity index (χ1v) is 10.9. The molecule has 2 aromatic rings. The summed E-state index contributed by atoms with van der Waals surface area (Å²) in [5.74, 6) is 0.501. The quantitative estimate of drug-likeness (QED) is 0.532. The number of guanidine groups is 1. The average Bonchev–Trinajstić information content (AvgIpc) is 3.13. The van der Waals surface area contributed by atoms with Crippen molar-refractivity contribution < 1.29 is 8.78 Å². The van der Waals surface area contributed by atoms with Gasteiger partial charge in [-0.15, -0.1) is 11.3 Å². The van der Waals surface area contributed by atoms with E-state index >= 15 is 0 Å². The lowest BCUT2D eigenvalue weighted by atomic mass is 9.97. The third-order valence-electron chi connectivity index (χ3n) is 5.24. The molecule has 0 saturated carbocycles. The van der Waals surface area contributed by atoms with Gasteiger partial charge in [-0.2, -0.15) is 0 Å². The molecule has 1 fully saturated rings. The number of halogens is 2. The SMILES string of the molecule is CN=C(NCCc1cc(F)ccc1F)NCC1CCN(Cc2csc(C)n2)CC1. The van der Waals surface area contributed by atoms with Gasteiger partial charge < -0.3 is 10.6 Å². The molecule has 0 unspecified atom stereocenters.